The molecule has 0 aromatic carbocycles. The second-order valence-corrected chi connectivity index (χ2v) is 5.20. The minimum Gasteiger partial charge on any atom is -0.480 e. The van der Waals surface area contributed by atoms with Crippen LogP contribution in [0.15, 0.2) is 0 Å². The number of carboxylic acids is 2. The largest absolute Gasteiger partial charge is 0.480 e. The fourth-order valence-electron chi connectivity index (χ4n) is 0.828. The Morgan fingerprint density at radius 2 is 1.57 bits per heavy atom. The Bertz CT molecular complexity index is 446. The number of aliphatic carboxylic acids is 2. The summed E-state index contributed by atoms with van der Waals surface area (Å²) in [5.41, 5.74) is 9.30. The van der Waals surface area contributed by atoms with E-state index in [1.54, 1.807) is 5.32 Å². The Morgan fingerprint density at radius 3 is 1.81 bits per heavy atom. The topological polar surface area (TPSA) is 230 Å². The van der Waals surface area contributed by atoms with Gasteiger partial charge in [0, 0.05) is 0 Å². The van der Waals surface area contributed by atoms with E-state index in [1.807, 2.05) is 0 Å². The van der Waals surface area contributed by atoms with Crippen LogP contribution < -0.4 is 16.8 Å². The van der Waals surface area contributed by atoms with E-state index in [9.17, 15) is 23.7 Å². The molecule has 0 heterocycles. The van der Waals surface area contributed by atoms with Crippen LogP contribution in [0.25, 0.3) is 0 Å². The number of carbonyl (C=O) groups excluding carboxylic acids is 2. The molecule has 0 aliphatic carbocycles. The van der Waals surface area contributed by atoms with E-state index in [4.69, 9.17) is 25.7 Å². The van der Waals surface area contributed by atoms with Crippen LogP contribution in [0.4, 0.5) is 0 Å². The first-order valence-electron chi connectivity index (χ1n) is 5.16. The molecule has 0 saturated heterocycles. The lowest BCUT2D eigenvalue weighted by atomic mass is 10.2. The summed E-state index contributed by atoms with van der Waals surface area (Å²) in [4.78, 5) is 58.0. The van der Waals surface area contributed by atoms with Crippen molar-refractivity contribution in [1.82, 2.24) is 5.32 Å². The number of primary amides is 1. The molecule has 13 heteroatoms. The highest BCUT2D eigenvalue weighted by Crippen LogP contribution is 2.33. The van der Waals surface area contributed by atoms with Crippen molar-refractivity contribution < 1.29 is 43.7 Å². The molecule has 0 aromatic rings. The van der Waals surface area contributed by atoms with Gasteiger partial charge in [-0.15, -0.1) is 0 Å². The lowest BCUT2D eigenvalue weighted by molar-refractivity contribution is -0.143. The van der Waals surface area contributed by atoms with Crippen molar-refractivity contribution in [2.45, 2.75) is 12.5 Å². The highest BCUT2D eigenvalue weighted by atomic mass is 31.2. The van der Waals surface area contributed by atoms with Gasteiger partial charge in [-0.25, -0.2) is 4.79 Å². The summed E-state index contributed by atoms with van der Waals surface area (Å²) in [6.07, 6.45) is -1.79. The molecule has 2 amide bonds. The molecule has 0 spiro atoms. The third kappa shape index (κ3) is 15.9. The molecule has 0 unspecified atom stereocenters. The van der Waals surface area contributed by atoms with Crippen LogP contribution in [0.5, 0.6) is 0 Å². The molecule has 0 aliphatic heterocycles. The number of hydrogen-bond acceptors (Lipinski definition) is 6. The summed E-state index contributed by atoms with van der Waals surface area (Å²) in [6.45, 7) is -0.278. The second kappa shape index (κ2) is 9.83. The van der Waals surface area contributed by atoms with E-state index in [0.717, 1.165) is 0 Å². The maximum atomic E-state index is 10.9. The van der Waals surface area contributed by atoms with Crippen LogP contribution in [0.2, 0.25) is 0 Å². The van der Waals surface area contributed by atoms with Gasteiger partial charge in [0.1, 0.15) is 12.2 Å². The zero-order valence-corrected chi connectivity index (χ0v) is 11.5. The summed E-state index contributed by atoms with van der Waals surface area (Å²) in [7, 11) is -4.56. The zero-order valence-electron chi connectivity index (χ0n) is 10.6. The number of hydrogen-bond donors (Lipinski definition) is 7. The monoisotopic (exact) mass is 329 g/mol. The minimum atomic E-state index is -4.56. The molecule has 0 bridgehead atoms. The summed E-state index contributed by atoms with van der Waals surface area (Å²) >= 11 is 0. The van der Waals surface area contributed by atoms with Crippen LogP contribution in [-0.2, 0) is 23.7 Å². The third-order valence-electron chi connectivity index (χ3n) is 1.56. The van der Waals surface area contributed by atoms with Crippen LogP contribution in [0.1, 0.15) is 6.42 Å². The van der Waals surface area contributed by atoms with Gasteiger partial charge in [-0.1, -0.05) is 0 Å². The Hall–Kier alpha value is -2.01. The van der Waals surface area contributed by atoms with Gasteiger partial charge in [-0.3, -0.25) is 18.9 Å². The summed E-state index contributed by atoms with van der Waals surface area (Å²) in [5.74, 6) is -4.60. The zero-order chi connectivity index (χ0) is 17.2. The quantitative estimate of drug-likeness (QED) is 0.229. The van der Waals surface area contributed by atoms with E-state index in [1.165, 1.54) is 0 Å². The Labute approximate surface area is 118 Å². The molecule has 9 N–H and O–H groups in total. The summed E-state index contributed by atoms with van der Waals surface area (Å²) in [6, 6.07) is -1.59. The number of nitrogens with two attached hydrogens (primary N) is 2. The normalized spacial score (nSPS) is 11.6. The number of rotatable bonds is 7. The Balaban J connectivity index is 0. The predicted octanol–water partition coefficient (Wildman–Crippen LogP) is -3.36. The van der Waals surface area contributed by atoms with Gasteiger partial charge >= 0.3 is 19.5 Å². The third-order valence-corrected chi connectivity index (χ3v) is 2.26. The fourth-order valence-corrected chi connectivity index (χ4v) is 1.29. The highest BCUT2D eigenvalue weighted by Gasteiger charge is 2.25. The first kappa shape index (κ1) is 21.3. The SMILES string of the molecule is NC(=O)C[C@H](NC(=O)CP(=O)(O)O)C(=O)O.NCC(=O)O. The van der Waals surface area contributed by atoms with Gasteiger partial charge in [-0.2, -0.15) is 0 Å². The first-order valence-corrected chi connectivity index (χ1v) is 6.95. The molecule has 12 nitrogen and oxygen atoms in total. The van der Waals surface area contributed by atoms with Gasteiger partial charge < -0.3 is 36.8 Å². The van der Waals surface area contributed by atoms with E-state index >= 15 is 0 Å². The number of nitrogens with one attached hydrogen (secondary N) is 1. The smallest absolute Gasteiger partial charge is 0.334 e. The lowest BCUT2D eigenvalue weighted by Gasteiger charge is -2.12. The average Bonchev–Trinajstić information content (AvgIpc) is 2.25. The standard InChI is InChI=1S/C6H11N2O7P.C2H5NO2/c7-4(9)1-3(6(11)12)8-5(10)2-16(13,14)15;3-1-2(4)5/h3H,1-2H2,(H2,7,9)(H,8,10)(H,11,12)(H2,13,14,15);1,3H2,(H,4,5)/t3-;/m0./s1. The molecular weight excluding hydrogens is 313 g/mol. The van der Waals surface area contributed by atoms with Crippen LogP contribution in [0.3, 0.4) is 0 Å². The van der Waals surface area contributed by atoms with E-state index < -0.39 is 50.0 Å². The molecule has 122 valence electrons. The molecule has 1 atom stereocenters. The Morgan fingerprint density at radius 1 is 1.14 bits per heavy atom. The van der Waals surface area contributed by atoms with Crippen molar-refractivity contribution >= 4 is 31.3 Å². The summed E-state index contributed by atoms with van der Waals surface area (Å²) in [5, 5.41) is 17.9. The molecule has 0 aromatic heterocycles. The van der Waals surface area contributed by atoms with Gasteiger partial charge in [0.05, 0.1) is 13.0 Å². The average molecular weight is 329 g/mol. The van der Waals surface area contributed by atoms with Crippen molar-refractivity contribution in [1.29, 1.82) is 0 Å². The maximum absolute atomic E-state index is 10.9. The molecule has 0 rings (SSSR count). The van der Waals surface area contributed by atoms with Crippen LogP contribution >= 0.6 is 7.60 Å². The van der Waals surface area contributed by atoms with Crippen LogP contribution in [0, 0.1) is 0 Å². The van der Waals surface area contributed by atoms with Crippen molar-refractivity contribution in [3.63, 3.8) is 0 Å². The van der Waals surface area contributed by atoms with E-state index in [-0.39, 0.29) is 6.54 Å². The molecule has 0 fully saturated rings. The number of amides is 2. The van der Waals surface area contributed by atoms with Crippen molar-refractivity contribution in [3.8, 4) is 0 Å². The molecule has 0 radical (unpaired) electrons. The second-order valence-electron chi connectivity index (χ2n) is 3.55. The van der Waals surface area contributed by atoms with Crippen molar-refractivity contribution in [3.05, 3.63) is 0 Å². The van der Waals surface area contributed by atoms with E-state index in [2.05, 4.69) is 5.73 Å². The number of carbonyl (C=O) groups is 4. The van der Waals surface area contributed by atoms with Gasteiger partial charge in [0.2, 0.25) is 11.8 Å². The Kier molecular flexibility index (Phi) is 9.96. The molecule has 0 aliphatic rings. The summed E-state index contributed by atoms with van der Waals surface area (Å²) < 4.78 is 10.4. The lowest BCUT2D eigenvalue weighted by Crippen LogP contribution is -2.44. The highest BCUT2D eigenvalue weighted by molar-refractivity contribution is 7.52. The van der Waals surface area contributed by atoms with Gasteiger partial charge in [0.25, 0.3) is 0 Å². The van der Waals surface area contributed by atoms with Crippen molar-refractivity contribution in [2.24, 2.45) is 11.5 Å². The van der Waals surface area contributed by atoms with E-state index in [0.29, 0.717) is 0 Å². The molecule has 21 heavy (non-hydrogen) atoms. The molecular formula is C8H16N3O9P. The van der Waals surface area contributed by atoms with Crippen molar-refractivity contribution in [2.75, 3.05) is 12.7 Å². The minimum absolute atomic E-state index is 0.278. The maximum Gasteiger partial charge on any atom is 0.334 e. The fraction of sp³-hybridized carbons (Fsp3) is 0.500. The van der Waals surface area contributed by atoms with Gasteiger partial charge in [-0.05, 0) is 0 Å². The molecule has 0 saturated carbocycles. The number of carboxylic acid groups (broad SMARTS) is 2. The first-order chi connectivity index (χ1) is 9.38. The predicted molar refractivity (Wildman–Crippen MR) is 67.0 cm³/mol. The van der Waals surface area contributed by atoms with Gasteiger partial charge in [0.15, 0.2) is 0 Å². The van der Waals surface area contributed by atoms with Crippen LogP contribution in [-0.4, -0.2) is 62.5 Å².